The quantitative estimate of drug-likeness (QED) is 0.868. The van der Waals surface area contributed by atoms with Gasteiger partial charge in [-0.05, 0) is 50.8 Å². The number of nitrogens with two attached hydrogens (primary N) is 1. The molecule has 1 amide bonds. The van der Waals surface area contributed by atoms with Gasteiger partial charge in [0.25, 0.3) is 0 Å². The van der Waals surface area contributed by atoms with Gasteiger partial charge in [0.1, 0.15) is 5.75 Å². The minimum absolute atomic E-state index is 0.00926. The Bertz CT molecular complexity index is 444. The van der Waals surface area contributed by atoms with Crippen molar-refractivity contribution in [1.82, 2.24) is 5.32 Å². The van der Waals surface area contributed by atoms with Crippen LogP contribution in [-0.4, -0.2) is 18.6 Å². The molecule has 2 rings (SSSR count). The Morgan fingerprint density at radius 2 is 2.10 bits per heavy atom. The molecule has 1 aromatic carbocycles. The van der Waals surface area contributed by atoms with E-state index in [1.807, 2.05) is 38.1 Å². The highest BCUT2D eigenvalue weighted by atomic mass is 16.5. The number of carbonyl (C=O) groups excluding carboxylic acids is 1. The van der Waals surface area contributed by atoms with Crippen molar-refractivity contribution in [1.29, 1.82) is 0 Å². The molecule has 20 heavy (non-hydrogen) atoms. The second-order valence-corrected chi connectivity index (χ2v) is 5.50. The van der Waals surface area contributed by atoms with Crippen LogP contribution in [0.2, 0.25) is 0 Å². The first-order chi connectivity index (χ1) is 9.60. The number of ether oxygens (including phenoxy) is 1. The SMILES string of the molecule is CCOc1ccc(C(C)NC(=O)C2CCC(N)C2)cc1. The molecule has 1 aliphatic rings. The van der Waals surface area contributed by atoms with Crippen LogP contribution in [0.25, 0.3) is 0 Å². The van der Waals surface area contributed by atoms with Gasteiger partial charge in [0.05, 0.1) is 12.6 Å². The van der Waals surface area contributed by atoms with E-state index in [0.717, 1.165) is 30.6 Å². The molecule has 110 valence electrons. The zero-order valence-corrected chi connectivity index (χ0v) is 12.3. The number of rotatable bonds is 5. The van der Waals surface area contributed by atoms with Crippen LogP contribution in [-0.2, 0) is 4.79 Å². The van der Waals surface area contributed by atoms with E-state index in [2.05, 4.69) is 5.32 Å². The molecular weight excluding hydrogens is 252 g/mol. The standard InChI is InChI=1S/C16H24N2O2/c1-3-20-15-8-5-12(6-9-15)11(2)18-16(19)13-4-7-14(17)10-13/h5-6,8-9,11,13-14H,3-4,7,10,17H2,1-2H3,(H,18,19). The second-order valence-electron chi connectivity index (χ2n) is 5.50. The van der Waals surface area contributed by atoms with Crippen molar-refractivity contribution in [3.8, 4) is 5.75 Å². The predicted molar refractivity (Wildman–Crippen MR) is 79.5 cm³/mol. The van der Waals surface area contributed by atoms with Crippen molar-refractivity contribution >= 4 is 5.91 Å². The number of nitrogens with one attached hydrogen (secondary N) is 1. The molecule has 3 unspecified atom stereocenters. The van der Waals surface area contributed by atoms with Crippen molar-refractivity contribution in [2.75, 3.05) is 6.61 Å². The highest BCUT2D eigenvalue weighted by Crippen LogP contribution is 2.25. The summed E-state index contributed by atoms with van der Waals surface area (Å²) in [7, 11) is 0. The Morgan fingerprint density at radius 3 is 2.65 bits per heavy atom. The number of amides is 1. The van der Waals surface area contributed by atoms with Gasteiger partial charge in [-0.1, -0.05) is 12.1 Å². The van der Waals surface area contributed by atoms with Gasteiger partial charge in [0, 0.05) is 12.0 Å². The van der Waals surface area contributed by atoms with Crippen LogP contribution in [0, 0.1) is 5.92 Å². The lowest BCUT2D eigenvalue weighted by atomic mass is 10.0. The lowest BCUT2D eigenvalue weighted by molar-refractivity contribution is -0.125. The third-order valence-corrected chi connectivity index (χ3v) is 3.89. The second kappa shape index (κ2) is 6.75. The third-order valence-electron chi connectivity index (χ3n) is 3.89. The van der Waals surface area contributed by atoms with Gasteiger partial charge >= 0.3 is 0 Å². The van der Waals surface area contributed by atoms with Crippen molar-refractivity contribution in [3.63, 3.8) is 0 Å². The average Bonchev–Trinajstić information content (AvgIpc) is 2.86. The smallest absolute Gasteiger partial charge is 0.223 e. The summed E-state index contributed by atoms with van der Waals surface area (Å²) >= 11 is 0. The van der Waals surface area contributed by atoms with Crippen molar-refractivity contribution in [2.24, 2.45) is 11.7 Å². The molecule has 0 saturated heterocycles. The molecule has 1 aromatic rings. The van der Waals surface area contributed by atoms with Crippen LogP contribution >= 0.6 is 0 Å². The lowest BCUT2D eigenvalue weighted by Gasteiger charge is -2.18. The first kappa shape index (κ1) is 14.9. The molecule has 1 fully saturated rings. The summed E-state index contributed by atoms with van der Waals surface area (Å²) in [6, 6.07) is 8.06. The molecule has 1 saturated carbocycles. The monoisotopic (exact) mass is 276 g/mol. The molecule has 0 radical (unpaired) electrons. The highest BCUT2D eigenvalue weighted by Gasteiger charge is 2.28. The summed E-state index contributed by atoms with van der Waals surface area (Å²) in [6.45, 7) is 4.62. The Labute approximate surface area is 120 Å². The Hall–Kier alpha value is -1.55. The first-order valence-electron chi connectivity index (χ1n) is 7.39. The first-order valence-corrected chi connectivity index (χ1v) is 7.39. The Morgan fingerprint density at radius 1 is 1.40 bits per heavy atom. The summed E-state index contributed by atoms with van der Waals surface area (Å²) in [5.41, 5.74) is 6.94. The maximum Gasteiger partial charge on any atom is 0.223 e. The van der Waals surface area contributed by atoms with E-state index in [0.29, 0.717) is 6.61 Å². The number of hydrogen-bond acceptors (Lipinski definition) is 3. The Balaban J connectivity index is 1.90. The molecule has 0 heterocycles. The largest absolute Gasteiger partial charge is 0.494 e. The third kappa shape index (κ3) is 3.73. The fourth-order valence-corrected chi connectivity index (χ4v) is 2.69. The summed E-state index contributed by atoms with van der Waals surface area (Å²) in [5.74, 6) is 1.06. The van der Waals surface area contributed by atoms with E-state index < -0.39 is 0 Å². The number of hydrogen-bond donors (Lipinski definition) is 2. The number of benzene rings is 1. The topological polar surface area (TPSA) is 64.3 Å². The Kier molecular flexibility index (Phi) is 5.01. The minimum Gasteiger partial charge on any atom is -0.494 e. The van der Waals surface area contributed by atoms with Gasteiger partial charge in [-0.2, -0.15) is 0 Å². The van der Waals surface area contributed by atoms with Gasteiger partial charge in [0.15, 0.2) is 0 Å². The van der Waals surface area contributed by atoms with Crippen LogP contribution in [0.4, 0.5) is 0 Å². The normalized spacial score (nSPS) is 23.4. The van der Waals surface area contributed by atoms with Gasteiger partial charge in [-0.15, -0.1) is 0 Å². The van der Waals surface area contributed by atoms with Gasteiger partial charge in [0.2, 0.25) is 5.91 Å². The maximum absolute atomic E-state index is 12.2. The van der Waals surface area contributed by atoms with Gasteiger partial charge in [-0.3, -0.25) is 4.79 Å². The maximum atomic E-state index is 12.2. The molecule has 0 bridgehead atoms. The summed E-state index contributed by atoms with van der Waals surface area (Å²) in [6.07, 6.45) is 2.67. The molecule has 1 aliphatic carbocycles. The van der Waals surface area contributed by atoms with Gasteiger partial charge in [-0.25, -0.2) is 0 Å². The fraction of sp³-hybridized carbons (Fsp3) is 0.562. The van der Waals surface area contributed by atoms with Crippen LogP contribution < -0.4 is 15.8 Å². The zero-order chi connectivity index (χ0) is 14.5. The summed E-state index contributed by atoms with van der Waals surface area (Å²) in [4.78, 5) is 12.2. The van der Waals surface area contributed by atoms with Crippen LogP contribution in [0.5, 0.6) is 5.75 Å². The van der Waals surface area contributed by atoms with Crippen molar-refractivity contribution in [3.05, 3.63) is 29.8 Å². The van der Waals surface area contributed by atoms with E-state index in [1.54, 1.807) is 0 Å². The van der Waals surface area contributed by atoms with Crippen LogP contribution in [0.3, 0.4) is 0 Å². The van der Waals surface area contributed by atoms with E-state index >= 15 is 0 Å². The average molecular weight is 276 g/mol. The van der Waals surface area contributed by atoms with Crippen LogP contribution in [0.15, 0.2) is 24.3 Å². The van der Waals surface area contributed by atoms with Gasteiger partial charge < -0.3 is 15.8 Å². The van der Waals surface area contributed by atoms with E-state index in [4.69, 9.17) is 10.5 Å². The summed E-state index contributed by atoms with van der Waals surface area (Å²) in [5, 5.41) is 3.07. The number of carbonyl (C=O) groups is 1. The van der Waals surface area contributed by atoms with E-state index in [9.17, 15) is 4.79 Å². The van der Waals surface area contributed by atoms with Crippen molar-refractivity contribution < 1.29 is 9.53 Å². The molecular formula is C16H24N2O2. The highest BCUT2D eigenvalue weighted by molar-refractivity contribution is 5.79. The summed E-state index contributed by atoms with van der Waals surface area (Å²) < 4.78 is 5.41. The molecule has 4 nitrogen and oxygen atoms in total. The van der Waals surface area contributed by atoms with Crippen LogP contribution in [0.1, 0.15) is 44.7 Å². The molecule has 0 aliphatic heterocycles. The molecule has 0 spiro atoms. The molecule has 4 heteroatoms. The van der Waals surface area contributed by atoms with Crippen molar-refractivity contribution in [2.45, 2.75) is 45.2 Å². The fourth-order valence-electron chi connectivity index (χ4n) is 2.69. The molecule has 0 aromatic heterocycles. The predicted octanol–water partition coefficient (Wildman–Crippen LogP) is 2.39. The zero-order valence-electron chi connectivity index (χ0n) is 12.3. The molecule has 3 atom stereocenters. The van der Waals surface area contributed by atoms with E-state index in [1.165, 1.54) is 0 Å². The lowest BCUT2D eigenvalue weighted by Crippen LogP contribution is -2.32. The molecule has 3 N–H and O–H groups in total. The minimum atomic E-state index is 0.00926. The van der Waals surface area contributed by atoms with E-state index in [-0.39, 0.29) is 23.9 Å².